The minimum atomic E-state index is 0.0321. The van der Waals surface area contributed by atoms with E-state index in [-0.39, 0.29) is 5.60 Å². The van der Waals surface area contributed by atoms with E-state index in [1.54, 1.807) is 7.11 Å². The van der Waals surface area contributed by atoms with E-state index in [9.17, 15) is 0 Å². The molecule has 0 aliphatic heterocycles. The van der Waals surface area contributed by atoms with Gasteiger partial charge in [0.25, 0.3) is 0 Å². The van der Waals surface area contributed by atoms with Crippen LogP contribution in [0.2, 0.25) is 0 Å². The number of oxazole rings is 1. The van der Waals surface area contributed by atoms with E-state index in [0.29, 0.717) is 0 Å². The highest BCUT2D eigenvalue weighted by atomic mass is 16.5. The predicted octanol–water partition coefficient (Wildman–Crippen LogP) is 2.47. The van der Waals surface area contributed by atoms with Gasteiger partial charge in [0.1, 0.15) is 5.76 Å². The largest absolute Gasteiger partial charge is 0.446 e. The molecule has 19 heavy (non-hydrogen) atoms. The summed E-state index contributed by atoms with van der Waals surface area (Å²) in [7, 11) is 1.81. The molecule has 2 saturated carbocycles. The zero-order chi connectivity index (χ0) is 13.1. The topological polar surface area (TPSA) is 47.3 Å². The maximum absolute atomic E-state index is 5.82. The molecule has 4 heteroatoms. The Balaban J connectivity index is 1.43. The van der Waals surface area contributed by atoms with Crippen molar-refractivity contribution in [3.05, 3.63) is 17.8 Å². The van der Waals surface area contributed by atoms with E-state index in [4.69, 9.17) is 9.15 Å². The van der Waals surface area contributed by atoms with Crippen LogP contribution < -0.4 is 5.32 Å². The van der Waals surface area contributed by atoms with Gasteiger partial charge in [0, 0.05) is 26.0 Å². The predicted molar refractivity (Wildman–Crippen MR) is 73.1 cm³/mol. The molecule has 0 aromatic carbocycles. The van der Waals surface area contributed by atoms with Crippen molar-refractivity contribution in [2.45, 2.75) is 63.0 Å². The number of nitrogens with zero attached hydrogens (tertiary/aromatic N) is 1. The summed E-state index contributed by atoms with van der Waals surface area (Å²) in [5, 5.41) is 3.51. The van der Waals surface area contributed by atoms with Crippen LogP contribution in [-0.4, -0.2) is 30.3 Å². The Kier molecular flexibility index (Phi) is 3.89. The van der Waals surface area contributed by atoms with Crippen LogP contribution in [-0.2, 0) is 17.6 Å². The summed E-state index contributed by atoms with van der Waals surface area (Å²) in [6, 6.07) is 0.792. The van der Waals surface area contributed by atoms with Crippen molar-refractivity contribution in [3.63, 3.8) is 0 Å². The first-order valence-corrected chi connectivity index (χ1v) is 7.52. The van der Waals surface area contributed by atoms with Gasteiger partial charge in [-0.3, -0.25) is 0 Å². The molecule has 106 valence electrons. The molecule has 1 aromatic rings. The van der Waals surface area contributed by atoms with Gasteiger partial charge >= 0.3 is 0 Å². The van der Waals surface area contributed by atoms with Gasteiger partial charge in [-0.2, -0.15) is 0 Å². The average Bonchev–Trinajstić information content (AvgIpc) is 3.09. The Morgan fingerprint density at radius 3 is 2.95 bits per heavy atom. The number of ether oxygens (including phenoxy) is 1. The van der Waals surface area contributed by atoms with E-state index in [1.807, 2.05) is 6.20 Å². The summed E-state index contributed by atoms with van der Waals surface area (Å²) in [5.74, 6) is 1.85. The van der Waals surface area contributed by atoms with Crippen LogP contribution in [0, 0.1) is 0 Å². The van der Waals surface area contributed by atoms with Crippen LogP contribution in [0.25, 0.3) is 0 Å². The Morgan fingerprint density at radius 1 is 1.47 bits per heavy atom. The molecule has 4 nitrogen and oxygen atoms in total. The summed E-state index contributed by atoms with van der Waals surface area (Å²) in [5.41, 5.74) is 0.0321. The van der Waals surface area contributed by atoms with E-state index in [2.05, 4.69) is 10.3 Å². The Hall–Kier alpha value is -0.870. The van der Waals surface area contributed by atoms with Crippen LogP contribution >= 0.6 is 0 Å². The van der Waals surface area contributed by atoms with Crippen LogP contribution in [0.3, 0.4) is 0 Å². The second kappa shape index (κ2) is 5.63. The molecule has 0 atom stereocenters. The number of aryl methyl sites for hydroxylation is 1. The molecule has 1 heterocycles. The van der Waals surface area contributed by atoms with Crippen molar-refractivity contribution < 1.29 is 9.15 Å². The van der Waals surface area contributed by atoms with E-state index < -0.39 is 0 Å². The number of hydrogen-bond acceptors (Lipinski definition) is 4. The molecule has 2 fully saturated rings. The lowest BCUT2D eigenvalue weighted by atomic mass is 9.77. The molecule has 2 aliphatic carbocycles. The summed E-state index contributed by atoms with van der Waals surface area (Å²) >= 11 is 0. The number of nitrogens with one attached hydrogen (secondary N) is 1. The molecule has 1 aromatic heterocycles. The van der Waals surface area contributed by atoms with Gasteiger partial charge in [-0.1, -0.05) is 0 Å². The quantitative estimate of drug-likeness (QED) is 0.733. The van der Waals surface area contributed by atoms with Crippen molar-refractivity contribution >= 4 is 0 Å². The highest BCUT2D eigenvalue weighted by molar-refractivity contribution is 5.04. The number of methoxy groups -OCH3 is 1. The van der Waals surface area contributed by atoms with Crippen molar-refractivity contribution in [2.24, 2.45) is 0 Å². The van der Waals surface area contributed by atoms with Gasteiger partial charge in [0.15, 0.2) is 5.89 Å². The lowest BCUT2D eigenvalue weighted by Crippen LogP contribution is -2.41. The first-order chi connectivity index (χ1) is 9.30. The summed E-state index contributed by atoms with van der Waals surface area (Å²) in [6.45, 7) is 1.07. The van der Waals surface area contributed by atoms with Crippen molar-refractivity contribution in [2.75, 3.05) is 13.7 Å². The second-order valence-corrected chi connectivity index (χ2v) is 5.97. The standard InChI is InChI=1S/C15H24N2O2/c1-18-15(7-3-8-15)10-13-11-17-14(19-13)4-2-9-16-12-5-6-12/h11-12,16H,2-10H2,1H3. The van der Waals surface area contributed by atoms with E-state index in [1.165, 1.54) is 19.3 Å². The molecule has 0 saturated heterocycles. The maximum atomic E-state index is 5.82. The van der Waals surface area contributed by atoms with Crippen molar-refractivity contribution in [3.8, 4) is 0 Å². The number of hydrogen-bond donors (Lipinski definition) is 1. The van der Waals surface area contributed by atoms with Crippen LogP contribution in [0.5, 0.6) is 0 Å². The molecule has 0 radical (unpaired) electrons. The van der Waals surface area contributed by atoms with Gasteiger partial charge < -0.3 is 14.5 Å². The lowest BCUT2D eigenvalue weighted by molar-refractivity contribution is -0.0738. The number of rotatable bonds is 8. The Bertz CT molecular complexity index is 403. The first kappa shape index (κ1) is 13.1. The summed E-state index contributed by atoms with van der Waals surface area (Å²) in [6.07, 6.45) is 11.0. The summed E-state index contributed by atoms with van der Waals surface area (Å²) in [4.78, 5) is 4.38. The van der Waals surface area contributed by atoms with Gasteiger partial charge in [-0.25, -0.2) is 4.98 Å². The van der Waals surface area contributed by atoms with E-state index in [0.717, 1.165) is 56.3 Å². The van der Waals surface area contributed by atoms with Crippen LogP contribution in [0.15, 0.2) is 10.6 Å². The van der Waals surface area contributed by atoms with Crippen molar-refractivity contribution in [1.29, 1.82) is 0 Å². The fourth-order valence-electron chi connectivity index (χ4n) is 2.72. The molecule has 0 spiro atoms. The Morgan fingerprint density at radius 2 is 2.32 bits per heavy atom. The van der Waals surface area contributed by atoms with Gasteiger partial charge in [-0.05, 0) is 45.1 Å². The molecule has 3 rings (SSSR count). The third-order valence-corrected chi connectivity index (χ3v) is 4.37. The molecular formula is C15H24N2O2. The zero-order valence-electron chi connectivity index (χ0n) is 11.8. The fraction of sp³-hybridized carbons (Fsp3) is 0.800. The second-order valence-electron chi connectivity index (χ2n) is 5.97. The highest BCUT2D eigenvalue weighted by Gasteiger charge is 2.38. The van der Waals surface area contributed by atoms with Gasteiger partial charge in [0.05, 0.1) is 11.8 Å². The van der Waals surface area contributed by atoms with Crippen LogP contribution in [0.1, 0.15) is 50.2 Å². The third kappa shape index (κ3) is 3.37. The van der Waals surface area contributed by atoms with E-state index >= 15 is 0 Å². The van der Waals surface area contributed by atoms with Crippen molar-refractivity contribution in [1.82, 2.24) is 10.3 Å². The normalized spacial score (nSPS) is 21.3. The first-order valence-electron chi connectivity index (χ1n) is 7.52. The summed E-state index contributed by atoms with van der Waals surface area (Å²) < 4.78 is 11.4. The molecule has 0 amide bonds. The average molecular weight is 264 g/mol. The minimum absolute atomic E-state index is 0.0321. The maximum Gasteiger partial charge on any atom is 0.194 e. The highest BCUT2D eigenvalue weighted by Crippen LogP contribution is 2.38. The molecular weight excluding hydrogens is 240 g/mol. The number of aromatic nitrogens is 1. The fourth-order valence-corrected chi connectivity index (χ4v) is 2.72. The zero-order valence-corrected chi connectivity index (χ0v) is 11.8. The lowest BCUT2D eigenvalue weighted by Gasteiger charge is -2.39. The molecule has 0 bridgehead atoms. The Labute approximate surface area is 114 Å². The van der Waals surface area contributed by atoms with Crippen LogP contribution in [0.4, 0.5) is 0 Å². The third-order valence-electron chi connectivity index (χ3n) is 4.37. The molecule has 0 unspecified atom stereocenters. The monoisotopic (exact) mass is 264 g/mol. The minimum Gasteiger partial charge on any atom is -0.446 e. The van der Waals surface area contributed by atoms with Gasteiger partial charge in [0.2, 0.25) is 0 Å². The van der Waals surface area contributed by atoms with Gasteiger partial charge in [-0.15, -0.1) is 0 Å². The smallest absolute Gasteiger partial charge is 0.194 e. The molecule has 2 aliphatic rings. The molecule has 1 N–H and O–H groups in total. The SMILES string of the molecule is COC1(Cc2cnc(CCCNC3CC3)o2)CCC1.